The summed E-state index contributed by atoms with van der Waals surface area (Å²) in [5.74, 6) is 0.549. The molecule has 2 N–H and O–H groups in total. The maximum Gasteiger partial charge on any atom is 0.0513 e. The highest BCUT2D eigenvalue weighted by Gasteiger charge is 2.40. The van der Waals surface area contributed by atoms with Crippen molar-refractivity contribution < 1.29 is 4.74 Å². The maximum absolute atomic E-state index is 6.10. The Labute approximate surface area is 120 Å². The van der Waals surface area contributed by atoms with Crippen molar-refractivity contribution in [2.75, 3.05) is 26.8 Å². The van der Waals surface area contributed by atoms with E-state index in [1.54, 1.807) is 0 Å². The second-order valence-corrected chi connectivity index (χ2v) is 6.90. The lowest BCUT2D eigenvalue weighted by molar-refractivity contribution is 0.0390. The van der Waals surface area contributed by atoms with Gasteiger partial charge in [0.05, 0.1) is 6.61 Å². The third-order valence-electron chi connectivity index (χ3n) is 4.77. The Morgan fingerprint density at radius 3 is 2.95 bits per heavy atom. The lowest BCUT2D eigenvalue weighted by atomic mass is 9.82. The lowest BCUT2D eigenvalue weighted by Gasteiger charge is -2.45. The molecule has 1 aromatic heterocycles. The van der Waals surface area contributed by atoms with Crippen LogP contribution in [0.5, 0.6) is 0 Å². The number of nitrogens with zero attached hydrogens (tertiary/aromatic N) is 1. The summed E-state index contributed by atoms with van der Waals surface area (Å²) >= 11 is 1.84. The average molecular weight is 282 g/mol. The molecule has 4 heteroatoms. The molecule has 3 atom stereocenters. The van der Waals surface area contributed by atoms with Gasteiger partial charge in [-0.15, -0.1) is 11.3 Å². The third kappa shape index (κ3) is 3.19. The van der Waals surface area contributed by atoms with Crippen LogP contribution in [0.25, 0.3) is 0 Å². The summed E-state index contributed by atoms with van der Waals surface area (Å²) in [7, 11) is 2.21. The van der Waals surface area contributed by atoms with Gasteiger partial charge in [0.2, 0.25) is 0 Å². The summed E-state index contributed by atoms with van der Waals surface area (Å²) in [6, 6.07) is 4.83. The first-order valence-electron chi connectivity index (χ1n) is 7.11. The van der Waals surface area contributed by atoms with E-state index in [1.807, 2.05) is 11.3 Å². The molecule has 1 fully saturated rings. The summed E-state index contributed by atoms with van der Waals surface area (Å²) < 4.78 is 5.56. The van der Waals surface area contributed by atoms with Crippen LogP contribution in [0.15, 0.2) is 17.5 Å². The quantitative estimate of drug-likeness (QED) is 0.870. The lowest BCUT2D eigenvalue weighted by Crippen LogP contribution is -2.58. The van der Waals surface area contributed by atoms with Crippen LogP contribution in [-0.4, -0.2) is 43.3 Å². The fraction of sp³-hybridized carbons (Fsp3) is 0.733. The molecule has 1 saturated heterocycles. The smallest absolute Gasteiger partial charge is 0.0513 e. The predicted molar refractivity (Wildman–Crippen MR) is 81.6 cm³/mol. The van der Waals surface area contributed by atoms with Crippen molar-refractivity contribution in [3.63, 3.8) is 0 Å². The Balaban J connectivity index is 2.04. The molecule has 0 radical (unpaired) electrons. The SMILES string of the molecule is CC(Cc1cccs1)N(C)C(C)(CN)C1CCOC1. The van der Waals surface area contributed by atoms with E-state index < -0.39 is 0 Å². The largest absolute Gasteiger partial charge is 0.381 e. The highest BCUT2D eigenvalue weighted by Crippen LogP contribution is 2.31. The van der Waals surface area contributed by atoms with Gasteiger partial charge in [-0.2, -0.15) is 0 Å². The molecular weight excluding hydrogens is 256 g/mol. The number of hydrogen-bond acceptors (Lipinski definition) is 4. The van der Waals surface area contributed by atoms with Gasteiger partial charge in [-0.05, 0) is 45.2 Å². The van der Waals surface area contributed by atoms with Gasteiger partial charge in [0.15, 0.2) is 0 Å². The second kappa shape index (κ2) is 6.35. The van der Waals surface area contributed by atoms with E-state index in [1.165, 1.54) is 4.88 Å². The van der Waals surface area contributed by atoms with Crippen molar-refractivity contribution in [3.05, 3.63) is 22.4 Å². The van der Waals surface area contributed by atoms with E-state index in [0.29, 0.717) is 18.5 Å². The van der Waals surface area contributed by atoms with E-state index in [2.05, 4.69) is 43.3 Å². The van der Waals surface area contributed by atoms with Gasteiger partial charge in [-0.3, -0.25) is 4.90 Å². The number of thiophene rings is 1. The van der Waals surface area contributed by atoms with Crippen molar-refractivity contribution in [1.82, 2.24) is 4.90 Å². The molecule has 0 aromatic carbocycles. The Hall–Kier alpha value is -0.420. The van der Waals surface area contributed by atoms with Crippen molar-refractivity contribution in [1.29, 1.82) is 0 Å². The number of rotatable bonds is 6. The van der Waals surface area contributed by atoms with Crippen molar-refractivity contribution in [3.8, 4) is 0 Å². The van der Waals surface area contributed by atoms with Crippen molar-refractivity contribution in [2.24, 2.45) is 11.7 Å². The van der Waals surface area contributed by atoms with Crippen LogP contribution in [0, 0.1) is 5.92 Å². The van der Waals surface area contributed by atoms with Gasteiger partial charge in [0, 0.05) is 35.5 Å². The zero-order valence-electron chi connectivity index (χ0n) is 12.3. The highest BCUT2D eigenvalue weighted by molar-refractivity contribution is 7.09. The van der Waals surface area contributed by atoms with E-state index in [-0.39, 0.29) is 5.54 Å². The second-order valence-electron chi connectivity index (χ2n) is 5.87. The molecule has 19 heavy (non-hydrogen) atoms. The summed E-state index contributed by atoms with van der Waals surface area (Å²) in [6.45, 7) is 7.00. The number of likely N-dealkylation sites (N-methyl/N-ethyl adjacent to an activating group) is 1. The Morgan fingerprint density at radius 2 is 2.42 bits per heavy atom. The van der Waals surface area contributed by atoms with E-state index in [4.69, 9.17) is 10.5 Å². The predicted octanol–water partition coefficient (Wildman–Crippen LogP) is 2.36. The Kier molecular flexibility index (Phi) is 5.01. The van der Waals surface area contributed by atoms with Gasteiger partial charge in [-0.25, -0.2) is 0 Å². The first-order valence-corrected chi connectivity index (χ1v) is 7.99. The molecule has 108 valence electrons. The van der Waals surface area contributed by atoms with Crippen molar-refractivity contribution in [2.45, 2.75) is 38.3 Å². The summed E-state index contributed by atoms with van der Waals surface area (Å²) in [6.07, 6.45) is 2.22. The minimum atomic E-state index is 0.0349. The molecule has 1 aromatic rings. The minimum absolute atomic E-state index is 0.0349. The van der Waals surface area contributed by atoms with Gasteiger partial charge in [0.25, 0.3) is 0 Å². The molecule has 2 heterocycles. The van der Waals surface area contributed by atoms with E-state index in [0.717, 1.165) is 26.1 Å². The normalized spacial score (nSPS) is 24.6. The van der Waals surface area contributed by atoms with Crippen LogP contribution in [-0.2, 0) is 11.2 Å². The summed E-state index contributed by atoms with van der Waals surface area (Å²) in [5, 5.41) is 2.15. The number of hydrogen-bond donors (Lipinski definition) is 1. The van der Waals surface area contributed by atoms with E-state index >= 15 is 0 Å². The average Bonchev–Trinajstić information content (AvgIpc) is 3.09. The van der Waals surface area contributed by atoms with Crippen LogP contribution in [0.1, 0.15) is 25.1 Å². The molecule has 3 unspecified atom stereocenters. The van der Waals surface area contributed by atoms with Crippen molar-refractivity contribution >= 4 is 11.3 Å². The van der Waals surface area contributed by atoms with Crippen LogP contribution in [0.3, 0.4) is 0 Å². The first kappa shape index (κ1) is 15.0. The fourth-order valence-corrected chi connectivity index (χ4v) is 3.81. The highest BCUT2D eigenvalue weighted by atomic mass is 32.1. The molecule has 0 saturated carbocycles. The third-order valence-corrected chi connectivity index (χ3v) is 5.66. The first-order chi connectivity index (χ1) is 9.08. The standard InChI is InChI=1S/C15H26N2OS/c1-12(9-14-5-4-8-19-14)17(3)15(2,11-16)13-6-7-18-10-13/h4-5,8,12-13H,6-7,9-11,16H2,1-3H3. The van der Waals surface area contributed by atoms with Gasteiger partial charge in [0.1, 0.15) is 0 Å². The van der Waals surface area contributed by atoms with Crippen LogP contribution in [0.2, 0.25) is 0 Å². The molecule has 0 bridgehead atoms. The van der Waals surface area contributed by atoms with Gasteiger partial charge in [-0.1, -0.05) is 6.07 Å². The Bertz CT molecular complexity index is 376. The minimum Gasteiger partial charge on any atom is -0.381 e. The monoisotopic (exact) mass is 282 g/mol. The molecule has 3 nitrogen and oxygen atoms in total. The molecule has 0 aliphatic carbocycles. The Morgan fingerprint density at radius 1 is 1.63 bits per heavy atom. The number of nitrogens with two attached hydrogens (primary N) is 1. The molecular formula is C15H26N2OS. The zero-order chi connectivity index (χ0) is 13.9. The fourth-order valence-electron chi connectivity index (χ4n) is 2.98. The molecule has 2 rings (SSSR count). The molecule has 0 spiro atoms. The van der Waals surface area contributed by atoms with Crippen LogP contribution in [0.4, 0.5) is 0 Å². The van der Waals surface area contributed by atoms with Gasteiger partial charge >= 0.3 is 0 Å². The zero-order valence-corrected chi connectivity index (χ0v) is 13.1. The topological polar surface area (TPSA) is 38.5 Å². The number of ether oxygens (including phenoxy) is 1. The van der Waals surface area contributed by atoms with Gasteiger partial charge < -0.3 is 10.5 Å². The van der Waals surface area contributed by atoms with Crippen LogP contribution < -0.4 is 5.73 Å². The van der Waals surface area contributed by atoms with E-state index in [9.17, 15) is 0 Å². The summed E-state index contributed by atoms with van der Waals surface area (Å²) in [4.78, 5) is 3.91. The molecule has 1 aliphatic rings. The summed E-state index contributed by atoms with van der Waals surface area (Å²) in [5.41, 5.74) is 6.14. The molecule has 1 aliphatic heterocycles. The maximum atomic E-state index is 6.10. The molecule has 0 amide bonds. The van der Waals surface area contributed by atoms with Crippen LogP contribution >= 0.6 is 11.3 Å².